The first kappa shape index (κ1) is 11.6. The van der Waals surface area contributed by atoms with E-state index in [1.165, 1.54) is 12.7 Å². The van der Waals surface area contributed by atoms with Crippen molar-refractivity contribution in [3.05, 3.63) is 23.3 Å². The van der Waals surface area contributed by atoms with Crippen molar-refractivity contribution < 1.29 is 14.3 Å². The molecule has 0 aromatic heterocycles. The highest BCUT2D eigenvalue weighted by Gasteiger charge is 2.24. The summed E-state index contributed by atoms with van der Waals surface area (Å²) in [4.78, 5) is 10.9. The molecule has 1 aliphatic heterocycles. The molecule has 1 aliphatic rings. The van der Waals surface area contributed by atoms with E-state index in [4.69, 9.17) is 4.74 Å². The Hall–Kier alpha value is -1.91. The molecule has 0 radical (unpaired) electrons. The van der Waals surface area contributed by atoms with Crippen LogP contribution in [0.3, 0.4) is 0 Å². The van der Waals surface area contributed by atoms with Gasteiger partial charge in [0.25, 0.3) is 0 Å². The molecule has 0 aliphatic carbocycles. The van der Waals surface area contributed by atoms with E-state index < -0.39 is 6.09 Å². The molecule has 5 heteroatoms. The van der Waals surface area contributed by atoms with Crippen LogP contribution in [0.1, 0.15) is 18.1 Å². The number of azo groups is 1. The van der Waals surface area contributed by atoms with Crippen LogP contribution in [0.4, 0.5) is 10.5 Å². The predicted octanol–water partition coefficient (Wildman–Crippen LogP) is 3.17. The number of methoxy groups -OCH3 is 1. The summed E-state index contributed by atoms with van der Waals surface area (Å²) >= 11 is 0. The lowest BCUT2D eigenvalue weighted by Crippen LogP contribution is -2.05. The second kappa shape index (κ2) is 4.53. The van der Waals surface area contributed by atoms with E-state index in [1.54, 1.807) is 6.07 Å². The number of nitrogens with zero attached hydrogens (tertiary/aromatic N) is 2. The zero-order valence-electron chi connectivity index (χ0n) is 10.1. The van der Waals surface area contributed by atoms with E-state index in [9.17, 15) is 4.79 Å². The fourth-order valence-corrected chi connectivity index (χ4v) is 1.84. The van der Waals surface area contributed by atoms with E-state index in [0.717, 1.165) is 17.7 Å². The molecule has 0 spiro atoms. The average Bonchev–Trinajstić information content (AvgIpc) is 2.70. The quantitative estimate of drug-likeness (QED) is 0.701. The van der Waals surface area contributed by atoms with Gasteiger partial charge in [0.15, 0.2) is 5.75 Å². The Balaban J connectivity index is 2.35. The first-order valence-corrected chi connectivity index (χ1v) is 5.40. The molecule has 1 amide bonds. The Morgan fingerprint density at radius 1 is 1.53 bits per heavy atom. The van der Waals surface area contributed by atoms with Crippen LogP contribution in [0.5, 0.6) is 5.75 Å². The molecule has 0 fully saturated rings. The summed E-state index contributed by atoms with van der Waals surface area (Å²) in [5, 5.41) is 7.28. The minimum Gasteiger partial charge on any atom is -0.488 e. The minimum absolute atomic E-state index is 0.137. The SMILES string of the molecule is COC(=O)N=Nc1ccc(C)c2c1OC(C)C2. The first-order valence-electron chi connectivity index (χ1n) is 5.40. The number of hydrogen-bond acceptors (Lipinski definition) is 4. The molecule has 1 heterocycles. The number of rotatable bonds is 1. The predicted molar refractivity (Wildman–Crippen MR) is 61.9 cm³/mol. The molecular weight excluding hydrogens is 220 g/mol. The number of fused-ring (bicyclic) bond motifs is 1. The number of carbonyl (C=O) groups excluding carboxylic acids is 1. The highest BCUT2D eigenvalue weighted by Crippen LogP contribution is 2.40. The van der Waals surface area contributed by atoms with Gasteiger partial charge in [-0.2, -0.15) is 0 Å². The second-order valence-corrected chi connectivity index (χ2v) is 4.01. The van der Waals surface area contributed by atoms with Gasteiger partial charge in [-0.15, -0.1) is 5.11 Å². The summed E-state index contributed by atoms with van der Waals surface area (Å²) in [5.41, 5.74) is 2.88. The van der Waals surface area contributed by atoms with Gasteiger partial charge in [0.2, 0.25) is 0 Å². The van der Waals surface area contributed by atoms with Gasteiger partial charge in [-0.3, -0.25) is 0 Å². The Morgan fingerprint density at radius 2 is 2.29 bits per heavy atom. The Morgan fingerprint density at radius 3 is 3.00 bits per heavy atom. The maximum absolute atomic E-state index is 10.9. The third-order valence-corrected chi connectivity index (χ3v) is 2.70. The monoisotopic (exact) mass is 234 g/mol. The van der Waals surface area contributed by atoms with Crippen molar-refractivity contribution in [2.75, 3.05) is 7.11 Å². The van der Waals surface area contributed by atoms with Crippen LogP contribution in [0.2, 0.25) is 0 Å². The van der Waals surface area contributed by atoms with Crippen LogP contribution >= 0.6 is 0 Å². The molecule has 0 saturated heterocycles. The van der Waals surface area contributed by atoms with Crippen LogP contribution in [0.25, 0.3) is 0 Å². The van der Waals surface area contributed by atoms with E-state index in [1.807, 2.05) is 19.9 Å². The summed E-state index contributed by atoms with van der Waals surface area (Å²) in [7, 11) is 1.26. The van der Waals surface area contributed by atoms with Gasteiger partial charge in [-0.05, 0) is 25.5 Å². The highest BCUT2D eigenvalue weighted by molar-refractivity contribution is 5.68. The van der Waals surface area contributed by atoms with Crippen LogP contribution in [-0.2, 0) is 11.2 Å². The van der Waals surface area contributed by atoms with Crippen molar-refractivity contribution in [1.29, 1.82) is 0 Å². The largest absolute Gasteiger partial charge is 0.488 e. The molecule has 1 aromatic carbocycles. The lowest BCUT2D eigenvalue weighted by molar-refractivity contribution is 0.181. The number of carbonyl (C=O) groups is 1. The van der Waals surface area contributed by atoms with E-state index in [0.29, 0.717) is 5.69 Å². The van der Waals surface area contributed by atoms with Crippen molar-refractivity contribution in [1.82, 2.24) is 0 Å². The zero-order valence-corrected chi connectivity index (χ0v) is 10.1. The van der Waals surface area contributed by atoms with Crippen LogP contribution < -0.4 is 4.74 Å². The smallest absolute Gasteiger partial charge is 0.452 e. The molecule has 0 N–H and O–H groups in total. The maximum Gasteiger partial charge on any atom is 0.452 e. The molecule has 17 heavy (non-hydrogen) atoms. The lowest BCUT2D eigenvalue weighted by atomic mass is 10.0. The molecule has 2 rings (SSSR count). The van der Waals surface area contributed by atoms with Crippen molar-refractivity contribution in [2.45, 2.75) is 26.4 Å². The van der Waals surface area contributed by atoms with E-state index in [2.05, 4.69) is 15.0 Å². The fraction of sp³-hybridized carbons (Fsp3) is 0.417. The van der Waals surface area contributed by atoms with E-state index in [-0.39, 0.29) is 6.10 Å². The van der Waals surface area contributed by atoms with Gasteiger partial charge in [-0.25, -0.2) is 4.79 Å². The topological polar surface area (TPSA) is 60.2 Å². The molecule has 1 unspecified atom stereocenters. The van der Waals surface area contributed by atoms with Crippen molar-refractivity contribution in [2.24, 2.45) is 10.2 Å². The first-order chi connectivity index (χ1) is 8.11. The molecule has 0 saturated carbocycles. The van der Waals surface area contributed by atoms with Crippen molar-refractivity contribution >= 4 is 11.8 Å². The molecule has 0 bridgehead atoms. The third-order valence-electron chi connectivity index (χ3n) is 2.70. The van der Waals surface area contributed by atoms with Crippen LogP contribution in [0, 0.1) is 6.92 Å². The number of benzene rings is 1. The Bertz CT molecular complexity index is 483. The maximum atomic E-state index is 10.9. The molecular formula is C12H14N2O3. The normalized spacial score (nSPS) is 17.9. The van der Waals surface area contributed by atoms with Crippen LogP contribution in [0.15, 0.2) is 22.4 Å². The summed E-state index contributed by atoms with van der Waals surface area (Å²) in [5.74, 6) is 0.727. The summed E-state index contributed by atoms with van der Waals surface area (Å²) in [6.07, 6.45) is 0.284. The standard InChI is InChI=1S/C12H14N2O3/c1-7-4-5-10(13-14-12(15)16-3)11-9(7)6-8(2)17-11/h4-5,8H,6H2,1-3H3. The number of amides is 1. The second-order valence-electron chi connectivity index (χ2n) is 4.01. The third kappa shape index (κ3) is 2.27. The molecule has 1 atom stereocenters. The summed E-state index contributed by atoms with van der Waals surface area (Å²) in [6.45, 7) is 4.03. The minimum atomic E-state index is -0.717. The Kier molecular flexibility index (Phi) is 3.08. The van der Waals surface area contributed by atoms with Crippen LogP contribution in [-0.4, -0.2) is 19.3 Å². The van der Waals surface area contributed by atoms with Gasteiger partial charge in [0.1, 0.15) is 11.8 Å². The van der Waals surface area contributed by atoms with Gasteiger partial charge in [-0.1, -0.05) is 11.2 Å². The van der Waals surface area contributed by atoms with Gasteiger partial charge in [0.05, 0.1) is 7.11 Å². The van der Waals surface area contributed by atoms with Crippen molar-refractivity contribution in [3.8, 4) is 5.75 Å². The van der Waals surface area contributed by atoms with E-state index >= 15 is 0 Å². The lowest BCUT2D eigenvalue weighted by Gasteiger charge is -2.05. The average molecular weight is 234 g/mol. The van der Waals surface area contributed by atoms with Gasteiger partial charge >= 0.3 is 6.09 Å². The molecule has 5 nitrogen and oxygen atoms in total. The Labute approximate surface area is 99.5 Å². The van der Waals surface area contributed by atoms with Gasteiger partial charge in [0, 0.05) is 12.0 Å². The van der Waals surface area contributed by atoms with Gasteiger partial charge < -0.3 is 9.47 Å². The highest BCUT2D eigenvalue weighted by atomic mass is 16.5. The molecule has 1 aromatic rings. The summed E-state index contributed by atoms with van der Waals surface area (Å²) < 4.78 is 10.1. The number of ether oxygens (including phenoxy) is 2. The zero-order chi connectivity index (χ0) is 12.4. The van der Waals surface area contributed by atoms with Crippen molar-refractivity contribution in [3.63, 3.8) is 0 Å². The number of hydrogen-bond donors (Lipinski definition) is 0. The fourth-order valence-electron chi connectivity index (χ4n) is 1.84. The summed E-state index contributed by atoms with van der Waals surface area (Å²) in [6, 6.07) is 3.74. The molecule has 90 valence electrons. The number of aryl methyl sites for hydroxylation is 1.